The molecule has 102 valence electrons. The lowest BCUT2D eigenvalue weighted by Gasteiger charge is -2.31. The number of rotatable bonds is 5. The van der Waals surface area contributed by atoms with Gasteiger partial charge >= 0.3 is 0 Å². The Morgan fingerprint density at radius 3 is 2.33 bits per heavy atom. The molecule has 1 aromatic rings. The van der Waals surface area contributed by atoms with E-state index < -0.39 is 9.84 Å². The third-order valence-corrected chi connectivity index (χ3v) is 4.04. The minimum absolute atomic E-state index is 0.0562. The Labute approximate surface area is 110 Å². The van der Waals surface area contributed by atoms with Crippen molar-refractivity contribution in [2.45, 2.75) is 18.7 Å². The molecule has 0 aromatic heterocycles. The molecule has 0 aliphatic heterocycles. The van der Waals surface area contributed by atoms with Crippen LogP contribution in [0.1, 0.15) is 13.8 Å². The summed E-state index contributed by atoms with van der Waals surface area (Å²) in [5.74, 6) is 0. The maximum absolute atomic E-state index is 11.7. The fraction of sp³-hybridized carbons (Fsp3) is 0.538. The van der Waals surface area contributed by atoms with Crippen LogP contribution in [0.5, 0.6) is 0 Å². The van der Waals surface area contributed by atoms with Crippen molar-refractivity contribution >= 4 is 15.5 Å². The summed E-state index contributed by atoms with van der Waals surface area (Å²) in [5.41, 5.74) is 6.38. The first-order chi connectivity index (χ1) is 8.17. The summed E-state index contributed by atoms with van der Waals surface area (Å²) in [4.78, 5) is 2.31. The van der Waals surface area contributed by atoms with E-state index >= 15 is 0 Å². The van der Waals surface area contributed by atoms with Crippen LogP contribution in [0.2, 0.25) is 0 Å². The summed E-state index contributed by atoms with van der Waals surface area (Å²) in [6.07, 6.45) is 1.23. The molecule has 18 heavy (non-hydrogen) atoms. The lowest BCUT2D eigenvalue weighted by Crippen LogP contribution is -2.37. The van der Waals surface area contributed by atoms with Crippen molar-refractivity contribution in [2.75, 3.05) is 31.3 Å². The monoisotopic (exact) mass is 270 g/mol. The summed E-state index contributed by atoms with van der Waals surface area (Å²) in [6, 6.07) is 7.04. The molecule has 0 atom stereocenters. The molecule has 4 nitrogen and oxygen atoms in total. The van der Waals surface area contributed by atoms with Crippen LogP contribution in [0.25, 0.3) is 0 Å². The van der Waals surface area contributed by atoms with Gasteiger partial charge in [-0.3, -0.25) is 0 Å². The van der Waals surface area contributed by atoms with Crippen molar-refractivity contribution < 1.29 is 8.42 Å². The van der Waals surface area contributed by atoms with Gasteiger partial charge in [-0.25, -0.2) is 8.42 Å². The predicted octanol–water partition coefficient (Wildman–Crippen LogP) is 1.51. The van der Waals surface area contributed by atoms with Gasteiger partial charge in [-0.15, -0.1) is 0 Å². The van der Waals surface area contributed by atoms with E-state index in [4.69, 9.17) is 5.73 Å². The van der Waals surface area contributed by atoms with Crippen LogP contribution >= 0.6 is 0 Å². The standard InChI is InChI=1S/C13H22N2O2S/c1-13(2,9-14)10-15(3)11-7-5-6-8-12(11)18(4,16)17/h5-8H,9-10,14H2,1-4H3. The van der Waals surface area contributed by atoms with Gasteiger partial charge in [-0.2, -0.15) is 0 Å². The molecule has 0 spiro atoms. The van der Waals surface area contributed by atoms with Gasteiger partial charge in [0.15, 0.2) is 9.84 Å². The average Bonchev–Trinajstić information content (AvgIpc) is 2.27. The molecule has 0 saturated heterocycles. The third-order valence-electron chi connectivity index (χ3n) is 2.89. The average molecular weight is 270 g/mol. The fourth-order valence-electron chi connectivity index (χ4n) is 1.88. The van der Waals surface area contributed by atoms with Gasteiger partial charge < -0.3 is 10.6 Å². The Hall–Kier alpha value is -1.07. The number of sulfone groups is 1. The number of hydrogen-bond donors (Lipinski definition) is 1. The zero-order valence-corrected chi connectivity index (χ0v) is 12.3. The molecular formula is C13H22N2O2S. The molecule has 1 aromatic carbocycles. The van der Waals surface area contributed by atoms with Crippen molar-refractivity contribution in [3.05, 3.63) is 24.3 Å². The summed E-state index contributed by atoms with van der Waals surface area (Å²) >= 11 is 0. The Balaban J connectivity index is 3.11. The number of para-hydroxylation sites is 1. The minimum atomic E-state index is -3.21. The highest BCUT2D eigenvalue weighted by Crippen LogP contribution is 2.26. The normalized spacial score (nSPS) is 12.5. The van der Waals surface area contributed by atoms with Gasteiger partial charge in [0.1, 0.15) is 0 Å². The van der Waals surface area contributed by atoms with Crippen LogP contribution in [0, 0.1) is 5.41 Å². The Bertz CT molecular complexity index is 509. The Kier molecular flexibility index (Phi) is 4.40. The number of nitrogens with zero attached hydrogens (tertiary/aromatic N) is 1. The molecule has 0 unspecified atom stereocenters. The van der Waals surface area contributed by atoms with Gasteiger partial charge in [0.2, 0.25) is 0 Å². The molecule has 0 radical (unpaired) electrons. The van der Waals surface area contributed by atoms with Gasteiger partial charge in [-0.1, -0.05) is 26.0 Å². The second-order valence-electron chi connectivity index (χ2n) is 5.46. The maximum Gasteiger partial charge on any atom is 0.177 e. The highest BCUT2D eigenvalue weighted by molar-refractivity contribution is 7.90. The molecule has 0 bridgehead atoms. The molecule has 0 aliphatic rings. The number of hydrogen-bond acceptors (Lipinski definition) is 4. The lowest BCUT2D eigenvalue weighted by atomic mass is 9.93. The van der Waals surface area contributed by atoms with Crippen molar-refractivity contribution in [3.8, 4) is 0 Å². The fourth-order valence-corrected chi connectivity index (χ4v) is 2.81. The second-order valence-corrected chi connectivity index (χ2v) is 7.45. The SMILES string of the molecule is CN(CC(C)(C)CN)c1ccccc1S(C)(=O)=O. The first-order valence-corrected chi connectivity index (χ1v) is 7.77. The molecule has 5 heteroatoms. The smallest absolute Gasteiger partial charge is 0.177 e. The van der Waals surface area contributed by atoms with E-state index in [1.165, 1.54) is 6.26 Å². The van der Waals surface area contributed by atoms with Crippen LogP contribution < -0.4 is 10.6 Å². The summed E-state index contributed by atoms with van der Waals surface area (Å²) < 4.78 is 23.5. The van der Waals surface area contributed by atoms with Crippen molar-refractivity contribution in [1.29, 1.82) is 0 Å². The van der Waals surface area contributed by atoms with Crippen LogP contribution in [0.4, 0.5) is 5.69 Å². The lowest BCUT2D eigenvalue weighted by molar-refractivity contribution is 0.384. The second kappa shape index (κ2) is 5.28. The Morgan fingerprint density at radius 2 is 1.83 bits per heavy atom. The first kappa shape index (κ1) is 15.0. The van der Waals surface area contributed by atoms with E-state index in [0.29, 0.717) is 18.0 Å². The van der Waals surface area contributed by atoms with Crippen LogP contribution in [-0.2, 0) is 9.84 Å². The summed E-state index contributed by atoms with van der Waals surface area (Å²) in [6.45, 7) is 5.38. The number of anilines is 1. The van der Waals surface area contributed by atoms with Crippen LogP contribution in [0.3, 0.4) is 0 Å². The summed E-state index contributed by atoms with van der Waals surface area (Å²) in [5, 5.41) is 0. The highest BCUT2D eigenvalue weighted by Gasteiger charge is 2.21. The molecule has 0 aliphatic carbocycles. The number of benzene rings is 1. The zero-order valence-electron chi connectivity index (χ0n) is 11.5. The van der Waals surface area contributed by atoms with Crippen molar-refractivity contribution in [2.24, 2.45) is 11.1 Å². The van der Waals surface area contributed by atoms with Crippen molar-refractivity contribution in [3.63, 3.8) is 0 Å². The molecule has 1 rings (SSSR count). The molecule has 0 saturated carbocycles. The minimum Gasteiger partial charge on any atom is -0.373 e. The van der Waals surface area contributed by atoms with E-state index in [9.17, 15) is 8.42 Å². The topological polar surface area (TPSA) is 63.4 Å². The van der Waals surface area contributed by atoms with E-state index in [1.54, 1.807) is 12.1 Å². The van der Waals surface area contributed by atoms with Crippen molar-refractivity contribution in [1.82, 2.24) is 0 Å². The van der Waals surface area contributed by atoms with Gasteiger partial charge in [0.05, 0.1) is 10.6 Å². The van der Waals surface area contributed by atoms with Gasteiger partial charge in [-0.05, 0) is 24.1 Å². The number of nitrogens with two attached hydrogens (primary N) is 1. The summed E-state index contributed by atoms with van der Waals surface area (Å²) in [7, 11) is -1.32. The predicted molar refractivity (Wildman–Crippen MR) is 75.7 cm³/mol. The largest absolute Gasteiger partial charge is 0.373 e. The van der Waals surface area contributed by atoms with Crippen LogP contribution in [-0.4, -0.2) is 34.8 Å². The molecule has 0 amide bonds. The first-order valence-electron chi connectivity index (χ1n) is 5.88. The quantitative estimate of drug-likeness (QED) is 0.881. The Morgan fingerprint density at radius 1 is 1.28 bits per heavy atom. The maximum atomic E-state index is 11.7. The zero-order chi connectivity index (χ0) is 14.0. The molecule has 0 heterocycles. The third kappa shape index (κ3) is 3.71. The van der Waals surface area contributed by atoms with E-state index in [1.807, 2.05) is 24.1 Å². The molecule has 0 fully saturated rings. The van der Waals surface area contributed by atoms with E-state index in [2.05, 4.69) is 13.8 Å². The van der Waals surface area contributed by atoms with Crippen LogP contribution in [0.15, 0.2) is 29.2 Å². The van der Waals surface area contributed by atoms with E-state index in [-0.39, 0.29) is 5.41 Å². The van der Waals surface area contributed by atoms with Gasteiger partial charge in [0, 0.05) is 19.8 Å². The van der Waals surface area contributed by atoms with E-state index in [0.717, 1.165) is 5.69 Å². The van der Waals surface area contributed by atoms with Gasteiger partial charge in [0.25, 0.3) is 0 Å². The molecule has 2 N–H and O–H groups in total. The molecular weight excluding hydrogens is 248 g/mol. The highest BCUT2D eigenvalue weighted by atomic mass is 32.2.